The lowest BCUT2D eigenvalue weighted by Gasteiger charge is -2.31. The average molecular weight is 533 g/mol. The maximum Gasteiger partial charge on any atom is 0.407 e. The molecule has 1 unspecified atom stereocenters. The maximum absolute atomic E-state index is 12.9. The number of amides is 1. The summed E-state index contributed by atoms with van der Waals surface area (Å²) in [5.41, 5.74) is 3.25. The summed E-state index contributed by atoms with van der Waals surface area (Å²) < 4.78 is 12.0. The lowest BCUT2D eigenvalue weighted by molar-refractivity contribution is -0.0244. The SMILES string of the molecule is CC(C)(CNC(=O)OC1Cc2ccccc2C#Cc2ccccc21)OCC(C)(C)SSc1ccccn1. The first kappa shape index (κ1) is 27.1. The summed E-state index contributed by atoms with van der Waals surface area (Å²) in [6.07, 6.45) is 1.45. The minimum Gasteiger partial charge on any atom is -0.441 e. The maximum atomic E-state index is 12.9. The van der Waals surface area contributed by atoms with Crippen LogP contribution in [0.5, 0.6) is 0 Å². The van der Waals surface area contributed by atoms with Crippen molar-refractivity contribution < 1.29 is 14.3 Å². The Morgan fingerprint density at radius 2 is 1.70 bits per heavy atom. The highest BCUT2D eigenvalue weighted by molar-refractivity contribution is 8.77. The van der Waals surface area contributed by atoms with Crippen LogP contribution >= 0.6 is 21.6 Å². The molecule has 4 rings (SSSR count). The standard InChI is InChI=1S/C30H32N2O3S2/c1-29(2,34-21-30(3,4)37-36-27-15-9-10-18-31-27)20-32-28(33)35-26-19-24-13-6-5-11-22(24)16-17-23-12-7-8-14-25(23)26/h5-15,18,26H,19-21H2,1-4H3,(H,32,33). The molecule has 0 saturated carbocycles. The van der Waals surface area contributed by atoms with Crippen molar-refractivity contribution in [3.8, 4) is 11.8 Å². The van der Waals surface area contributed by atoms with Gasteiger partial charge in [0.05, 0.1) is 12.2 Å². The van der Waals surface area contributed by atoms with Crippen LogP contribution in [0.15, 0.2) is 78.0 Å². The number of nitrogens with one attached hydrogen (secondary N) is 1. The normalized spacial score (nSPS) is 14.8. The van der Waals surface area contributed by atoms with E-state index in [0.717, 1.165) is 27.3 Å². The molecule has 1 aliphatic carbocycles. The van der Waals surface area contributed by atoms with Crippen LogP contribution in [-0.2, 0) is 15.9 Å². The highest BCUT2D eigenvalue weighted by atomic mass is 33.1. The van der Waals surface area contributed by atoms with Crippen molar-refractivity contribution in [2.24, 2.45) is 0 Å². The summed E-state index contributed by atoms with van der Waals surface area (Å²) in [6, 6.07) is 21.7. The number of hydrogen-bond donors (Lipinski definition) is 1. The second-order valence-corrected chi connectivity index (χ2v) is 12.9. The molecule has 5 nitrogen and oxygen atoms in total. The van der Waals surface area contributed by atoms with Gasteiger partial charge in [-0.05, 0) is 68.3 Å². The van der Waals surface area contributed by atoms with Crippen molar-refractivity contribution >= 4 is 27.7 Å². The van der Waals surface area contributed by atoms with Crippen molar-refractivity contribution in [2.45, 2.75) is 55.6 Å². The third kappa shape index (κ3) is 8.03. The Morgan fingerprint density at radius 3 is 2.49 bits per heavy atom. The number of carbonyl (C=O) groups is 1. The van der Waals surface area contributed by atoms with Crippen LogP contribution in [0.4, 0.5) is 4.79 Å². The van der Waals surface area contributed by atoms with Crippen molar-refractivity contribution in [1.29, 1.82) is 0 Å². The van der Waals surface area contributed by atoms with E-state index in [1.165, 1.54) is 0 Å². The zero-order valence-corrected chi connectivity index (χ0v) is 23.2. The minimum absolute atomic E-state index is 0.142. The largest absolute Gasteiger partial charge is 0.441 e. The molecule has 2 aromatic carbocycles. The van der Waals surface area contributed by atoms with Gasteiger partial charge in [0.2, 0.25) is 0 Å². The summed E-state index contributed by atoms with van der Waals surface area (Å²) in [5.74, 6) is 6.50. The molecule has 0 aliphatic heterocycles. The molecule has 0 spiro atoms. The Hall–Kier alpha value is -2.92. The molecule has 1 amide bonds. The minimum atomic E-state index is -0.566. The first-order valence-electron chi connectivity index (χ1n) is 12.2. The van der Waals surface area contributed by atoms with Gasteiger partial charge in [0.25, 0.3) is 0 Å². The number of rotatable bonds is 9. The molecule has 0 saturated heterocycles. The van der Waals surface area contributed by atoms with Crippen LogP contribution in [0.3, 0.4) is 0 Å². The first-order chi connectivity index (χ1) is 17.7. The number of alkyl carbamates (subject to hydrolysis) is 1. The summed E-state index contributed by atoms with van der Waals surface area (Å²) in [4.78, 5) is 17.3. The van der Waals surface area contributed by atoms with Crippen LogP contribution < -0.4 is 5.32 Å². The Labute approximate surface area is 227 Å². The monoisotopic (exact) mass is 532 g/mol. The Morgan fingerprint density at radius 1 is 1.00 bits per heavy atom. The van der Waals surface area contributed by atoms with E-state index in [1.807, 2.05) is 80.6 Å². The zero-order valence-electron chi connectivity index (χ0n) is 21.6. The van der Waals surface area contributed by atoms with Gasteiger partial charge in [-0.1, -0.05) is 65.1 Å². The third-order valence-corrected chi connectivity index (χ3v) is 8.95. The molecule has 0 bridgehead atoms. The molecule has 1 heterocycles. The molecule has 1 aliphatic rings. The van der Waals surface area contributed by atoms with E-state index in [1.54, 1.807) is 27.8 Å². The number of benzene rings is 2. The molecule has 1 N–H and O–H groups in total. The van der Waals surface area contributed by atoms with Gasteiger partial charge in [-0.3, -0.25) is 0 Å². The van der Waals surface area contributed by atoms with E-state index >= 15 is 0 Å². The second-order valence-electron chi connectivity index (χ2n) is 10.1. The zero-order chi connectivity index (χ0) is 26.3. The Kier molecular flexibility index (Phi) is 8.86. The lowest BCUT2D eigenvalue weighted by atomic mass is 9.92. The van der Waals surface area contributed by atoms with Gasteiger partial charge < -0.3 is 14.8 Å². The van der Waals surface area contributed by atoms with Crippen LogP contribution in [0.2, 0.25) is 0 Å². The predicted octanol–water partition coefficient (Wildman–Crippen LogP) is 6.82. The quantitative estimate of drug-likeness (QED) is 0.241. The van der Waals surface area contributed by atoms with E-state index < -0.39 is 17.8 Å². The Balaban J connectivity index is 1.33. The van der Waals surface area contributed by atoms with Crippen molar-refractivity contribution in [3.63, 3.8) is 0 Å². The topological polar surface area (TPSA) is 60.5 Å². The smallest absolute Gasteiger partial charge is 0.407 e. The number of nitrogens with zero attached hydrogens (tertiary/aromatic N) is 1. The third-order valence-electron chi connectivity index (χ3n) is 5.77. The van der Waals surface area contributed by atoms with Gasteiger partial charge in [0.15, 0.2) is 0 Å². The fourth-order valence-electron chi connectivity index (χ4n) is 3.71. The van der Waals surface area contributed by atoms with Gasteiger partial charge in [-0.2, -0.15) is 0 Å². The van der Waals surface area contributed by atoms with Crippen LogP contribution in [0, 0.1) is 11.8 Å². The fourth-order valence-corrected chi connectivity index (χ4v) is 5.74. The molecule has 37 heavy (non-hydrogen) atoms. The highest BCUT2D eigenvalue weighted by Crippen LogP contribution is 2.40. The average Bonchev–Trinajstić information content (AvgIpc) is 2.89. The number of hydrogen-bond acceptors (Lipinski definition) is 6. The van der Waals surface area contributed by atoms with E-state index in [4.69, 9.17) is 9.47 Å². The van der Waals surface area contributed by atoms with Crippen molar-refractivity contribution in [1.82, 2.24) is 10.3 Å². The molecular formula is C30H32N2O3S2. The molecule has 0 fully saturated rings. The number of pyridine rings is 1. The molecule has 3 aromatic rings. The summed E-state index contributed by atoms with van der Waals surface area (Å²) in [6.45, 7) is 9.06. The summed E-state index contributed by atoms with van der Waals surface area (Å²) in [7, 11) is 3.35. The summed E-state index contributed by atoms with van der Waals surface area (Å²) in [5, 5.41) is 3.88. The van der Waals surface area contributed by atoms with E-state index in [2.05, 4.69) is 36.0 Å². The predicted molar refractivity (Wildman–Crippen MR) is 152 cm³/mol. The van der Waals surface area contributed by atoms with Crippen LogP contribution in [-0.4, -0.2) is 34.6 Å². The highest BCUT2D eigenvalue weighted by Gasteiger charge is 2.28. The molecule has 7 heteroatoms. The number of ether oxygens (including phenoxy) is 2. The summed E-state index contributed by atoms with van der Waals surface area (Å²) >= 11 is 0. The van der Waals surface area contributed by atoms with Gasteiger partial charge in [0.1, 0.15) is 11.1 Å². The van der Waals surface area contributed by atoms with E-state index in [-0.39, 0.29) is 4.75 Å². The molecular weight excluding hydrogens is 500 g/mol. The van der Waals surface area contributed by atoms with E-state index in [9.17, 15) is 4.79 Å². The van der Waals surface area contributed by atoms with Crippen molar-refractivity contribution in [2.75, 3.05) is 13.2 Å². The number of fused-ring (bicyclic) bond motifs is 2. The van der Waals surface area contributed by atoms with E-state index in [0.29, 0.717) is 19.6 Å². The van der Waals surface area contributed by atoms with Crippen molar-refractivity contribution in [3.05, 3.63) is 95.2 Å². The van der Waals surface area contributed by atoms with Gasteiger partial charge >= 0.3 is 6.09 Å². The second kappa shape index (κ2) is 12.1. The number of aromatic nitrogens is 1. The van der Waals surface area contributed by atoms with Crippen LogP contribution in [0.25, 0.3) is 0 Å². The Bertz CT molecular complexity index is 1280. The lowest BCUT2D eigenvalue weighted by Crippen LogP contribution is -2.43. The molecule has 192 valence electrons. The fraction of sp³-hybridized carbons (Fsp3) is 0.333. The molecule has 0 radical (unpaired) electrons. The van der Waals surface area contributed by atoms with Gasteiger partial charge in [-0.25, -0.2) is 9.78 Å². The number of carbonyl (C=O) groups excluding carboxylic acids is 1. The van der Waals surface area contributed by atoms with Gasteiger partial charge in [-0.15, -0.1) is 0 Å². The molecule has 1 aromatic heterocycles. The first-order valence-corrected chi connectivity index (χ1v) is 14.4. The van der Waals surface area contributed by atoms with Crippen LogP contribution in [0.1, 0.15) is 56.1 Å². The molecule has 1 atom stereocenters. The van der Waals surface area contributed by atoms with Gasteiger partial charge in [0, 0.05) is 40.6 Å².